The van der Waals surface area contributed by atoms with Crippen molar-refractivity contribution in [3.63, 3.8) is 0 Å². The van der Waals surface area contributed by atoms with Crippen molar-refractivity contribution in [3.05, 3.63) is 68.4 Å². The van der Waals surface area contributed by atoms with Gasteiger partial charge in [0, 0.05) is 15.3 Å². The number of benzene rings is 1. The van der Waals surface area contributed by atoms with Crippen molar-refractivity contribution in [2.45, 2.75) is 44.4 Å². The number of halogens is 2. The van der Waals surface area contributed by atoms with Crippen LogP contribution in [0.2, 0.25) is 5.02 Å². The first-order chi connectivity index (χ1) is 14.0. The molecule has 0 saturated heterocycles. The largest absolute Gasteiger partial charge is 0.477 e. The number of thiophene rings is 1. The molecule has 0 unspecified atom stereocenters. The van der Waals surface area contributed by atoms with E-state index < -0.39 is 5.97 Å². The molecule has 3 atom stereocenters. The average Bonchev–Trinajstić information content (AvgIpc) is 3.28. The molecule has 1 fully saturated rings. The monoisotopic (exact) mass is 448 g/mol. The van der Waals surface area contributed by atoms with Crippen molar-refractivity contribution in [2.75, 3.05) is 0 Å². The molecule has 0 spiro atoms. The maximum absolute atomic E-state index is 11.0. The summed E-state index contributed by atoms with van der Waals surface area (Å²) in [6, 6.07) is 9.72. The number of aryl methyl sites for hydroxylation is 1. The Labute approximate surface area is 186 Å². The van der Waals surface area contributed by atoms with Gasteiger partial charge in [-0.05, 0) is 92.3 Å². The molecular formula is C24H26Cl2O2S. The van der Waals surface area contributed by atoms with Gasteiger partial charge in [0.15, 0.2) is 0 Å². The number of hydrogen-bond acceptors (Lipinski definition) is 2. The Morgan fingerprint density at radius 3 is 2.66 bits per heavy atom. The number of aromatic carboxylic acids is 1. The van der Waals surface area contributed by atoms with Crippen molar-refractivity contribution in [1.29, 1.82) is 0 Å². The lowest BCUT2D eigenvalue weighted by molar-refractivity contribution is 0.0702. The summed E-state index contributed by atoms with van der Waals surface area (Å²) >= 11 is 14.3. The molecule has 2 nitrogen and oxygen atoms in total. The van der Waals surface area contributed by atoms with Crippen LogP contribution in [0, 0.1) is 11.8 Å². The molecule has 0 aliphatic heterocycles. The summed E-state index contributed by atoms with van der Waals surface area (Å²) in [6.07, 6.45) is 13.7. The molecule has 0 radical (unpaired) electrons. The first-order valence-corrected chi connectivity index (χ1v) is 11.7. The van der Waals surface area contributed by atoms with Crippen molar-refractivity contribution < 1.29 is 9.90 Å². The van der Waals surface area contributed by atoms with Crippen LogP contribution in [0.5, 0.6) is 0 Å². The lowest BCUT2D eigenvalue weighted by atomic mass is 9.90. The third kappa shape index (κ3) is 6.21. The maximum Gasteiger partial charge on any atom is 0.345 e. The van der Waals surface area contributed by atoms with Gasteiger partial charge in [-0.2, -0.15) is 0 Å². The second-order valence-corrected chi connectivity index (χ2v) is 9.73. The topological polar surface area (TPSA) is 37.3 Å². The van der Waals surface area contributed by atoms with Crippen LogP contribution in [0.3, 0.4) is 0 Å². The quantitative estimate of drug-likeness (QED) is 0.418. The van der Waals surface area contributed by atoms with Crippen LogP contribution in [0.1, 0.15) is 58.3 Å². The van der Waals surface area contributed by atoms with Crippen LogP contribution < -0.4 is 0 Å². The Morgan fingerprint density at radius 1 is 1.21 bits per heavy atom. The number of rotatable bonds is 8. The summed E-state index contributed by atoms with van der Waals surface area (Å²) in [5.74, 6) is 0.0854. The highest BCUT2D eigenvalue weighted by Gasteiger charge is 2.32. The molecule has 1 saturated carbocycles. The van der Waals surface area contributed by atoms with Gasteiger partial charge in [0.2, 0.25) is 0 Å². The SMILES string of the molecule is C/C=C/c1cc(Cl)cc(/C=C\[C@H]2CC[C@@H](Cl)[C@@H]2CCCc2ccc(C(=O)O)s2)c1. The van der Waals surface area contributed by atoms with Crippen LogP contribution in [0.25, 0.3) is 12.2 Å². The van der Waals surface area contributed by atoms with E-state index in [1.165, 1.54) is 11.3 Å². The zero-order valence-corrected chi connectivity index (χ0v) is 18.8. The summed E-state index contributed by atoms with van der Waals surface area (Å²) < 4.78 is 0. The Morgan fingerprint density at radius 2 is 1.97 bits per heavy atom. The van der Waals surface area contributed by atoms with E-state index in [1.807, 2.05) is 31.2 Å². The van der Waals surface area contributed by atoms with Crippen LogP contribution >= 0.6 is 34.5 Å². The van der Waals surface area contributed by atoms with E-state index in [9.17, 15) is 4.79 Å². The number of allylic oxidation sites excluding steroid dienone is 2. The number of alkyl halides is 1. The second-order valence-electron chi connectivity index (χ2n) is 7.56. The van der Waals surface area contributed by atoms with Gasteiger partial charge < -0.3 is 5.11 Å². The fraction of sp³-hybridized carbons (Fsp3) is 0.375. The zero-order chi connectivity index (χ0) is 20.8. The molecule has 1 aromatic carbocycles. The van der Waals surface area contributed by atoms with Crippen LogP contribution in [-0.4, -0.2) is 16.5 Å². The lowest BCUT2D eigenvalue weighted by Crippen LogP contribution is -2.14. The summed E-state index contributed by atoms with van der Waals surface area (Å²) in [4.78, 5) is 12.6. The van der Waals surface area contributed by atoms with Gasteiger partial charge in [-0.15, -0.1) is 22.9 Å². The smallest absolute Gasteiger partial charge is 0.345 e. The molecule has 0 amide bonds. The van der Waals surface area contributed by atoms with Gasteiger partial charge in [0.1, 0.15) is 4.88 Å². The van der Waals surface area contributed by atoms with E-state index >= 15 is 0 Å². The molecule has 2 aromatic rings. The van der Waals surface area contributed by atoms with Crippen molar-refractivity contribution in [1.82, 2.24) is 0 Å². The van der Waals surface area contributed by atoms with E-state index in [4.69, 9.17) is 28.3 Å². The third-order valence-corrected chi connectivity index (χ3v) is 7.35. The first kappa shape index (κ1) is 22.1. The van der Waals surface area contributed by atoms with Gasteiger partial charge in [-0.3, -0.25) is 0 Å². The molecule has 3 rings (SSSR count). The first-order valence-electron chi connectivity index (χ1n) is 10.0. The molecule has 0 bridgehead atoms. The Kier molecular flexibility index (Phi) is 7.99. The Balaban J connectivity index is 1.60. The van der Waals surface area contributed by atoms with Crippen molar-refractivity contribution in [3.8, 4) is 0 Å². The predicted molar refractivity (Wildman–Crippen MR) is 125 cm³/mol. The zero-order valence-electron chi connectivity index (χ0n) is 16.5. The minimum atomic E-state index is -0.846. The molecule has 1 aromatic heterocycles. The Bertz CT molecular complexity index is 900. The minimum Gasteiger partial charge on any atom is -0.477 e. The fourth-order valence-corrected chi connectivity index (χ4v) is 5.66. The molecule has 29 heavy (non-hydrogen) atoms. The highest BCUT2D eigenvalue weighted by molar-refractivity contribution is 7.13. The fourth-order valence-electron chi connectivity index (χ4n) is 4.08. The molecule has 1 N–H and O–H groups in total. The summed E-state index contributed by atoms with van der Waals surface area (Å²) in [6.45, 7) is 2.00. The van der Waals surface area contributed by atoms with E-state index in [1.54, 1.807) is 6.07 Å². The van der Waals surface area contributed by atoms with E-state index in [2.05, 4.69) is 24.3 Å². The van der Waals surface area contributed by atoms with Gasteiger partial charge in [0.25, 0.3) is 0 Å². The van der Waals surface area contributed by atoms with Crippen LogP contribution in [0.4, 0.5) is 0 Å². The van der Waals surface area contributed by atoms with Gasteiger partial charge in [-0.25, -0.2) is 4.79 Å². The van der Waals surface area contributed by atoms with Crippen molar-refractivity contribution in [2.24, 2.45) is 11.8 Å². The summed E-state index contributed by atoms with van der Waals surface area (Å²) in [5.41, 5.74) is 2.22. The van der Waals surface area contributed by atoms with E-state index in [0.717, 1.165) is 53.1 Å². The lowest BCUT2D eigenvalue weighted by Gasteiger charge is -2.19. The van der Waals surface area contributed by atoms with Crippen LogP contribution in [0.15, 0.2) is 42.5 Å². The van der Waals surface area contributed by atoms with E-state index in [-0.39, 0.29) is 5.38 Å². The standard InChI is InChI=1S/C24H26Cl2O2S/c1-2-4-16-13-17(15-19(25)14-16)7-8-18-9-11-22(26)21(18)6-3-5-20-10-12-23(29-20)24(27)28/h2,4,7-8,10,12-15,18,21-22H,3,5-6,9,11H2,1H3,(H,27,28)/b4-2+,8-7-/t18-,21+,22+/m0/s1. The average molecular weight is 449 g/mol. The molecule has 1 aliphatic carbocycles. The molecule has 1 heterocycles. The third-order valence-electron chi connectivity index (χ3n) is 5.46. The van der Waals surface area contributed by atoms with E-state index in [0.29, 0.717) is 16.7 Å². The minimum absolute atomic E-state index is 0.209. The summed E-state index contributed by atoms with van der Waals surface area (Å²) in [5, 5.41) is 10.0. The predicted octanol–water partition coefficient (Wildman–Crippen LogP) is 7.80. The number of carboxylic acid groups (broad SMARTS) is 1. The maximum atomic E-state index is 11.0. The van der Waals surface area contributed by atoms with Gasteiger partial charge in [0.05, 0.1) is 0 Å². The Hall–Kier alpha value is -1.55. The summed E-state index contributed by atoms with van der Waals surface area (Å²) in [7, 11) is 0. The van der Waals surface area contributed by atoms with Gasteiger partial charge in [-0.1, -0.05) is 35.9 Å². The number of carboxylic acids is 1. The molecule has 154 valence electrons. The molecule has 5 heteroatoms. The highest BCUT2D eigenvalue weighted by atomic mass is 35.5. The van der Waals surface area contributed by atoms with Crippen LogP contribution in [-0.2, 0) is 6.42 Å². The van der Waals surface area contributed by atoms with Gasteiger partial charge >= 0.3 is 5.97 Å². The second kappa shape index (κ2) is 10.5. The number of carbonyl (C=O) groups is 1. The van der Waals surface area contributed by atoms with Crippen molar-refractivity contribution >= 4 is 52.7 Å². The highest BCUT2D eigenvalue weighted by Crippen LogP contribution is 2.40. The number of hydrogen-bond donors (Lipinski definition) is 1. The molecule has 1 aliphatic rings. The molecular weight excluding hydrogens is 423 g/mol. The normalized spacial score (nSPS) is 22.1.